The maximum absolute atomic E-state index is 13.7. The highest BCUT2D eigenvalue weighted by atomic mass is 32.2. The molecule has 4 aliphatic carbocycles. The normalized spacial score (nSPS) is 38.9. The topological polar surface area (TPSA) is 133 Å². The summed E-state index contributed by atoms with van der Waals surface area (Å²) >= 11 is 0. The molecule has 1 N–H and O–H groups in total. The van der Waals surface area contributed by atoms with E-state index in [0.717, 1.165) is 18.2 Å². The highest BCUT2D eigenvalue weighted by Gasteiger charge is 2.70. The SMILES string of the molecule is CC(C)COC(=O)O[C@]1(C(=O)COS(C)(=O)=O)CC[C@H]2[C@@H]3CCC4=CC(=O)C=C[C@]4(C)[C@H]3C(O)C[C@@]21C. The molecule has 10 heteroatoms. The second-order valence-corrected chi connectivity index (χ2v) is 13.7. The summed E-state index contributed by atoms with van der Waals surface area (Å²) < 4.78 is 39.3. The minimum atomic E-state index is -3.91. The van der Waals surface area contributed by atoms with E-state index < -0.39 is 51.2 Å². The Bertz CT molecular complexity index is 1140. The fourth-order valence-corrected chi connectivity index (χ4v) is 8.00. The molecule has 206 valence electrons. The van der Waals surface area contributed by atoms with Crippen LogP contribution >= 0.6 is 0 Å². The number of ketones is 2. The summed E-state index contributed by atoms with van der Waals surface area (Å²) in [6.07, 6.45) is 6.51. The van der Waals surface area contributed by atoms with Crippen molar-refractivity contribution in [3.05, 3.63) is 23.8 Å². The zero-order valence-electron chi connectivity index (χ0n) is 22.2. The Morgan fingerprint density at radius 2 is 1.92 bits per heavy atom. The number of fused-ring (bicyclic) bond motifs is 5. The van der Waals surface area contributed by atoms with Gasteiger partial charge in [-0.3, -0.25) is 13.8 Å². The second-order valence-electron chi connectivity index (χ2n) is 12.0. The Morgan fingerprint density at radius 3 is 2.57 bits per heavy atom. The van der Waals surface area contributed by atoms with Crippen molar-refractivity contribution in [2.24, 2.45) is 34.5 Å². The lowest BCUT2D eigenvalue weighted by atomic mass is 9.46. The maximum atomic E-state index is 13.7. The third kappa shape index (κ3) is 4.81. The smallest absolute Gasteiger partial charge is 0.434 e. The number of hydrogen-bond acceptors (Lipinski definition) is 9. The average molecular weight is 539 g/mol. The van der Waals surface area contributed by atoms with E-state index in [1.807, 2.05) is 26.8 Å². The highest BCUT2D eigenvalue weighted by molar-refractivity contribution is 7.86. The van der Waals surface area contributed by atoms with Crippen molar-refractivity contribution in [1.82, 2.24) is 0 Å². The van der Waals surface area contributed by atoms with Crippen LogP contribution in [-0.4, -0.2) is 62.4 Å². The van der Waals surface area contributed by atoms with Crippen LogP contribution in [0.2, 0.25) is 0 Å². The summed E-state index contributed by atoms with van der Waals surface area (Å²) in [5.41, 5.74) is -2.13. The van der Waals surface area contributed by atoms with Crippen LogP contribution in [0.4, 0.5) is 4.79 Å². The van der Waals surface area contributed by atoms with Crippen molar-refractivity contribution in [3.8, 4) is 0 Å². The summed E-state index contributed by atoms with van der Waals surface area (Å²) in [5.74, 6) is -0.884. The Morgan fingerprint density at radius 1 is 1.22 bits per heavy atom. The van der Waals surface area contributed by atoms with E-state index in [4.69, 9.17) is 13.7 Å². The average Bonchev–Trinajstić information content (AvgIpc) is 3.08. The molecule has 9 nitrogen and oxygen atoms in total. The van der Waals surface area contributed by atoms with Gasteiger partial charge in [-0.15, -0.1) is 0 Å². The molecule has 37 heavy (non-hydrogen) atoms. The summed E-state index contributed by atoms with van der Waals surface area (Å²) in [6, 6.07) is 0. The summed E-state index contributed by atoms with van der Waals surface area (Å²) in [5, 5.41) is 11.6. The molecule has 0 heterocycles. The predicted molar refractivity (Wildman–Crippen MR) is 134 cm³/mol. The highest BCUT2D eigenvalue weighted by Crippen LogP contribution is 2.68. The molecule has 0 aliphatic heterocycles. The number of allylic oxidation sites excluding steroid dienone is 4. The van der Waals surface area contributed by atoms with Gasteiger partial charge in [0.25, 0.3) is 10.1 Å². The quantitative estimate of drug-likeness (QED) is 0.382. The number of carbonyl (C=O) groups excluding carboxylic acids is 3. The number of Topliss-reactive ketones (excluding diaryl/α,β-unsaturated/α-hetero) is 1. The molecule has 4 rings (SSSR count). The Hall–Kier alpha value is -2.04. The van der Waals surface area contributed by atoms with Gasteiger partial charge < -0.3 is 14.6 Å². The number of carbonyl (C=O) groups is 3. The van der Waals surface area contributed by atoms with Crippen molar-refractivity contribution in [2.45, 2.75) is 71.5 Å². The molecule has 0 spiro atoms. The summed E-state index contributed by atoms with van der Waals surface area (Å²) in [6.45, 7) is 6.99. The molecule has 0 amide bonds. The molecule has 0 aromatic heterocycles. The third-order valence-electron chi connectivity index (χ3n) is 9.26. The summed E-state index contributed by atoms with van der Waals surface area (Å²) in [7, 11) is -3.91. The first kappa shape index (κ1) is 28.0. The van der Waals surface area contributed by atoms with Gasteiger partial charge in [0.2, 0.25) is 5.78 Å². The predicted octanol–water partition coefficient (Wildman–Crippen LogP) is 3.36. The van der Waals surface area contributed by atoms with Gasteiger partial charge in [0.15, 0.2) is 11.4 Å². The van der Waals surface area contributed by atoms with Crippen LogP contribution < -0.4 is 0 Å². The number of aliphatic hydroxyl groups excluding tert-OH is 1. The lowest BCUT2D eigenvalue weighted by Crippen LogP contribution is -2.63. The molecule has 0 aromatic carbocycles. The number of rotatable bonds is 7. The second kappa shape index (κ2) is 9.61. The largest absolute Gasteiger partial charge is 0.509 e. The van der Waals surface area contributed by atoms with Crippen molar-refractivity contribution in [3.63, 3.8) is 0 Å². The van der Waals surface area contributed by atoms with E-state index in [1.54, 1.807) is 12.2 Å². The Balaban J connectivity index is 1.70. The van der Waals surface area contributed by atoms with E-state index in [1.165, 1.54) is 0 Å². The third-order valence-corrected chi connectivity index (χ3v) is 9.81. The number of hydrogen-bond donors (Lipinski definition) is 1. The van der Waals surface area contributed by atoms with Gasteiger partial charge in [-0.1, -0.05) is 39.3 Å². The van der Waals surface area contributed by atoms with E-state index in [2.05, 4.69) is 6.92 Å². The molecule has 0 radical (unpaired) electrons. The molecule has 0 bridgehead atoms. The lowest BCUT2D eigenvalue weighted by Gasteiger charge is -2.59. The molecule has 4 aliphatic rings. The van der Waals surface area contributed by atoms with Crippen molar-refractivity contribution < 1.29 is 41.6 Å². The molecule has 3 saturated carbocycles. The van der Waals surface area contributed by atoms with Crippen molar-refractivity contribution in [2.75, 3.05) is 19.5 Å². The van der Waals surface area contributed by atoms with Gasteiger partial charge >= 0.3 is 6.16 Å². The standard InChI is InChI=1S/C27H38O9S/c1-16(2)14-34-24(31)36-27(22(30)15-35-37(5,32)33)11-9-20-19-7-6-17-12-18(28)8-10-25(17,3)23(19)21(29)13-26(20,27)4/h8,10,12,16,19-21,23,29H,6-7,9,11,13-15H2,1-5H3/t19-,20-,21?,23+,25-,26-,27-/m0/s1. The molecule has 0 saturated heterocycles. The first-order chi connectivity index (χ1) is 17.1. The van der Waals surface area contributed by atoms with Gasteiger partial charge in [-0.25, -0.2) is 4.79 Å². The number of aliphatic hydroxyl groups is 1. The van der Waals surface area contributed by atoms with E-state index in [0.29, 0.717) is 12.8 Å². The zero-order chi connectivity index (χ0) is 27.4. The zero-order valence-corrected chi connectivity index (χ0v) is 23.0. The van der Waals surface area contributed by atoms with Crippen LogP contribution in [0.1, 0.15) is 59.8 Å². The first-order valence-electron chi connectivity index (χ1n) is 13.0. The van der Waals surface area contributed by atoms with Crippen LogP contribution in [0.15, 0.2) is 23.8 Å². The summed E-state index contributed by atoms with van der Waals surface area (Å²) in [4.78, 5) is 38.5. The van der Waals surface area contributed by atoms with Crippen molar-refractivity contribution >= 4 is 27.8 Å². The first-order valence-corrected chi connectivity index (χ1v) is 14.8. The van der Waals surface area contributed by atoms with Gasteiger partial charge in [0.1, 0.15) is 6.61 Å². The minimum absolute atomic E-state index is 0.00883. The fraction of sp³-hybridized carbons (Fsp3) is 0.741. The van der Waals surface area contributed by atoms with Gasteiger partial charge in [-0.05, 0) is 62.0 Å². The van der Waals surface area contributed by atoms with E-state index in [9.17, 15) is 27.9 Å². The van der Waals surface area contributed by atoms with Crippen LogP contribution in [0.5, 0.6) is 0 Å². The van der Waals surface area contributed by atoms with E-state index >= 15 is 0 Å². The van der Waals surface area contributed by atoms with Crippen molar-refractivity contribution in [1.29, 1.82) is 0 Å². The molecule has 0 aromatic rings. The van der Waals surface area contributed by atoms with Crippen LogP contribution in [-0.2, 0) is 33.4 Å². The molecule has 1 unspecified atom stereocenters. The van der Waals surface area contributed by atoms with Crippen LogP contribution in [0, 0.1) is 34.5 Å². The molecule has 7 atom stereocenters. The van der Waals surface area contributed by atoms with Gasteiger partial charge in [-0.2, -0.15) is 8.42 Å². The van der Waals surface area contributed by atoms with Gasteiger partial charge in [0, 0.05) is 16.7 Å². The molecular weight excluding hydrogens is 500 g/mol. The van der Waals surface area contributed by atoms with Crippen LogP contribution in [0.25, 0.3) is 0 Å². The lowest BCUT2D eigenvalue weighted by molar-refractivity contribution is -0.183. The Kier molecular flexibility index (Phi) is 7.27. The van der Waals surface area contributed by atoms with Crippen LogP contribution in [0.3, 0.4) is 0 Å². The maximum Gasteiger partial charge on any atom is 0.509 e. The number of ether oxygens (including phenoxy) is 2. The fourth-order valence-electron chi connectivity index (χ4n) is 7.68. The van der Waals surface area contributed by atoms with Gasteiger partial charge in [0.05, 0.1) is 19.0 Å². The molecular formula is C27H38O9S. The molecule has 3 fully saturated rings. The van der Waals surface area contributed by atoms with E-state index in [-0.39, 0.29) is 48.9 Å². The monoisotopic (exact) mass is 538 g/mol. The Labute approximate surface area is 218 Å². The minimum Gasteiger partial charge on any atom is -0.434 e.